The molecule has 0 aromatic heterocycles. The van der Waals surface area contributed by atoms with Gasteiger partial charge < -0.3 is 10.4 Å². The van der Waals surface area contributed by atoms with E-state index in [9.17, 15) is 9.90 Å². The molecular weight excluding hydrogens is 266 g/mol. The summed E-state index contributed by atoms with van der Waals surface area (Å²) in [5.74, 6) is 0.490. The molecule has 1 aliphatic heterocycles. The Morgan fingerprint density at radius 2 is 1.95 bits per heavy atom. The van der Waals surface area contributed by atoms with E-state index in [1.165, 1.54) is 6.42 Å². The van der Waals surface area contributed by atoms with Crippen molar-refractivity contribution in [3.05, 3.63) is 0 Å². The van der Waals surface area contributed by atoms with Gasteiger partial charge in [0.15, 0.2) is 0 Å². The Kier molecular flexibility index (Phi) is 6.01. The van der Waals surface area contributed by atoms with Crippen LogP contribution < -0.4 is 5.32 Å². The molecule has 2 rings (SSSR count). The summed E-state index contributed by atoms with van der Waals surface area (Å²) < 4.78 is 0. The van der Waals surface area contributed by atoms with E-state index in [0.717, 1.165) is 51.6 Å². The van der Waals surface area contributed by atoms with Gasteiger partial charge in [0.2, 0.25) is 5.91 Å². The summed E-state index contributed by atoms with van der Waals surface area (Å²) in [5.41, 5.74) is -0.765. The van der Waals surface area contributed by atoms with Crippen molar-refractivity contribution in [2.75, 3.05) is 26.2 Å². The van der Waals surface area contributed by atoms with Gasteiger partial charge in [-0.1, -0.05) is 19.3 Å². The monoisotopic (exact) mass is 293 g/mol. The maximum absolute atomic E-state index is 12.0. The van der Waals surface area contributed by atoms with Crippen LogP contribution in [0.2, 0.25) is 0 Å². The maximum atomic E-state index is 12.0. The first-order chi connectivity index (χ1) is 10.1. The van der Waals surface area contributed by atoms with E-state index in [1.54, 1.807) is 0 Å². The molecule has 1 aliphatic carbocycles. The van der Waals surface area contributed by atoms with E-state index in [0.29, 0.717) is 19.0 Å². The molecule has 5 nitrogen and oxygen atoms in total. The molecule has 2 aliphatic rings. The van der Waals surface area contributed by atoms with E-state index < -0.39 is 5.60 Å². The van der Waals surface area contributed by atoms with Gasteiger partial charge in [-0.2, -0.15) is 5.26 Å². The van der Waals surface area contributed by atoms with Crippen molar-refractivity contribution in [2.24, 2.45) is 5.92 Å². The summed E-state index contributed by atoms with van der Waals surface area (Å²) in [7, 11) is 0. The molecule has 1 amide bonds. The summed E-state index contributed by atoms with van der Waals surface area (Å²) in [4.78, 5) is 14.2. The lowest BCUT2D eigenvalue weighted by molar-refractivity contribution is -0.127. The van der Waals surface area contributed by atoms with Crippen LogP contribution in [0.5, 0.6) is 0 Å². The highest BCUT2D eigenvalue weighted by molar-refractivity contribution is 5.77. The highest BCUT2D eigenvalue weighted by Crippen LogP contribution is 2.30. The third-order valence-electron chi connectivity index (χ3n) is 4.86. The second-order valence-corrected chi connectivity index (χ2v) is 6.64. The number of piperidine rings is 1. The normalized spacial score (nSPS) is 23.4. The first-order valence-corrected chi connectivity index (χ1v) is 8.20. The van der Waals surface area contributed by atoms with Crippen LogP contribution in [-0.2, 0) is 4.79 Å². The molecule has 1 saturated heterocycles. The van der Waals surface area contributed by atoms with Crippen molar-refractivity contribution in [2.45, 2.75) is 57.0 Å². The molecule has 5 heteroatoms. The number of nitrogens with zero attached hydrogens (tertiary/aromatic N) is 2. The predicted molar refractivity (Wildman–Crippen MR) is 80.4 cm³/mol. The van der Waals surface area contributed by atoms with Gasteiger partial charge in [-0.05, 0) is 44.7 Å². The second kappa shape index (κ2) is 7.77. The fourth-order valence-corrected chi connectivity index (χ4v) is 3.45. The average Bonchev–Trinajstić information content (AvgIpc) is 2.47. The zero-order chi connectivity index (χ0) is 15.1. The van der Waals surface area contributed by atoms with Crippen LogP contribution in [0.1, 0.15) is 51.4 Å². The molecule has 0 bridgehead atoms. The van der Waals surface area contributed by atoms with E-state index in [-0.39, 0.29) is 12.3 Å². The summed E-state index contributed by atoms with van der Waals surface area (Å²) in [6.07, 6.45) is 7.06. The maximum Gasteiger partial charge on any atom is 0.222 e. The van der Waals surface area contributed by atoms with E-state index in [1.807, 2.05) is 0 Å². The van der Waals surface area contributed by atoms with Crippen LogP contribution in [-0.4, -0.2) is 47.7 Å². The van der Waals surface area contributed by atoms with Gasteiger partial charge in [-0.15, -0.1) is 0 Å². The van der Waals surface area contributed by atoms with E-state index in [2.05, 4.69) is 16.3 Å². The fraction of sp³-hybridized carbons (Fsp3) is 0.875. The van der Waals surface area contributed by atoms with Crippen LogP contribution in [0, 0.1) is 17.2 Å². The molecule has 1 saturated carbocycles. The molecule has 0 spiro atoms. The third kappa shape index (κ3) is 5.29. The van der Waals surface area contributed by atoms with Gasteiger partial charge in [-0.3, -0.25) is 9.69 Å². The van der Waals surface area contributed by atoms with Crippen molar-refractivity contribution in [3.63, 3.8) is 0 Å². The number of likely N-dealkylation sites (tertiary alicyclic amines) is 1. The number of aliphatic hydroxyl groups is 1. The molecule has 1 heterocycles. The average molecular weight is 293 g/mol. The zero-order valence-electron chi connectivity index (χ0n) is 12.8. The molecule has 118 valence electrons. The summed E-state index contributed by atoms with van der Waals surface area (Å²) >= 11 is 0. The Bertz CT molecular complexity index is 377. The number of nitriles is 1. The SMILES string of the molecule is N#CCN1CCC(CNC(=O)CC2(O)CCCCC2)CC1. The van der Waals surface area contributed by atoms with Gasteiger partial charge in [-0.25, -0.2) is 0 Å². The number of nitrogens with one attached hydrogen (secondary N) is 1. The van der Waals surface area contributed by atoms with Crippen LogP contribution in [0.25, 0.3) is 0 Å². The van der Waals surface area contributed by atoms with Crippen molar-refractivity contribution in [3.8, 4) is 6.07 Å². The molecule has 0 atom stereocenters. The predicted octanol–water partition coefficient (Wildman–Crippen LogP) is 1.42. The summed E-state index contributed by atoms with van der Waals surface area (Å²) in [5, 5.41) is 22.0. The topological polar surface area (TPSA) is 76.4 Å². The molecular formula is C16H27N3O2. The number of carbonyl (C=O) groups is 1. The number of hydrogen-bond donors (Lipinski definition) is 2. The lowest BCUT2D eigenvalue weighted by atomic mass is 9.82. The number of hydrogen-bond acceptors (Lipinski definition) is 4. The Hall–Kier alpha value is -1.12. The minimum atomic E-state index is -0.765. The van der Waals surface area contributed by atoms with E-state index in [4.69, 9.17) is 5.26 Å². The third-order valence-corrected chi connectivity index (χ3v) is 4.86. The quantitative estimate of drug-likeness (QED) is 0.752. The lowest BCUT2D eigenvalue weighted by Gasteiger charge is -2.32. The lowest BCUT2D eigenvalue weighted by Crippen LogP contribution is -2.42. The molecule has 2 fully saturated rings. The number of amides is 1. The van der Waals surface area contributed by atoms with E-state index >= 15 is 0 Å². The second-order valence-electron chi connectivity index (χ2n) is 6.64. The fourth-order valence-electron chi connectivity index (χ4n) is 3.45. The first kappa shape index (κ1) is 16.3. The van der Waals surface area contributed by atoms with Gasteiger partial charge in [0.05, 0.1) is 24.6 Å². The smallest absolute Gasteiger partial charge is 0.222 e. The summed E-state index contributed by atoms with van der Waals surface area (Å²) in [6.45, 7) is 3.09. The van der Waals surface area contributed by atoms with Crippen LogP contribution >= 0.6 is 0 Å². The standard InChI is InChI=1S/C16H27N3O2/c17-8-11-19-9-4-14(5-10-19)13-18-15(20)12-16(21)6-2-1-3-7-16/h14,21H,1-7,9-13H2,(H,18,20). The molecule has 0 unspecified atom stereocenters. The molecule has 0 radical (unpaired) electrons. The summed E-state index contributed by atoms with van der Waals surface area (Å²) in [6, 6.07) is 2.18. The van der Waals surface area contributed by atoms with Gasteiger partial charge in [0, 0.05) is 6.54 Å². The number of carbonyl (C=O) groups excluding carboxylic acids is 1. The zero-order valence-corrected chi connectivity index (χ0v) is 12.8. The Labute approximate surface area is 127 Å². The van der Waals surface area contributed by atoms with Crippen molar-refractivity contribution >= 4 is 5.91 Å². The largest absolute Gasteiger partial charge is 0.389 e. The Balaban J connectivity index is 1.64. The Morgan fingerprint density at radius 3 is 2.57 bits per heavy atom. The van der Waals surface area contributed by atoms with Gasteiger partial charge >= 0.3 is 0 Å². The highest BCUT2D eigenvalue weighted by atomic mass is 16.3. The van der Waals surface area contributed by atoms with Crippen molar-refractivity contribution in [1.29, 1.82) is 5.26 Å². The molecule has 21 heavy (non-hydrogen) atoms. The first-order valence-electron chi connectivity index (χ1n) is 8.20. The van der Waals surface area contributed by atoms with Crippen molar-refractivity contribution in [1.82, 2.24) is 10.2 Å². The van der Waals surface area contributed by atoms with Crippen LogP contribution in [0.15, 0.2) is 0 Å². The van der Waals surface area contributed by atoms with Crippen molar-refractivity contribution < 1.29 is 9.90 Å². The minimum Gasteiger partial charge on any atom is -0.389 e. The number of rotatable bonds is 5. The molecule has 0 aromatic rings. The van der Waals surface area contributed by atoms with Crippen LogP contribution in [0.3, 0.4) is 0 Å². The molecule has 0 aromatic carbocycles. The molecule has 2 N–H and O–H groups in total. The highest BCUT2D eigenvalue weighted by Gasteiger charge is 2.31. The van der Waals surface area contributed by atoms with Gasteiger partial charge in [0.25, 0.3) is 0 Å². The van der Waals surface area contributed by atoms with Gasteiger partial charge in [0.1, 0.15) is 0 Å². The van der Waals surface area contributed by atoms with Crippen LogP contribution in [0.4, 0.5) is 0 Å². The Morgan fingerprint density at radius 1 is 1.29 bits per heavy atom. The minimum absolute atomic E-state index is 0.0149.